The first kappa shape index (κ1) is 26.2. The number of amides is 2. The third-order valence-corrected chi connectivity index (χ3v) is 6.97. The van der Waals surface area contributed by atoms with E-state index in [1.54, 1.807) is 18.1 Å². The molecule has 0 radical (unpaired) electrons. The molecule has 0 unspecified atom stereocenters. The van der Waals surface area contributed by atoms with E-state index in [0.29, 0.717) is 22.4 Å². The molecule has 7 nitrogen and oxygen atoms in total. The maximum Gasteiger partial charge on any atom is 0.264 e. The third-order valence-electron chi connectivity index (χ3n) is 6.11. The first-order valence-corrected chi connectivity index (χ1v) is 13.1. The minimum Gasteiger partial charge on any atom is -0.497 e. The highest BCUT2D eigenvalue weighted by atomic mass is 32.1. The lowest BCUT2D eigenvalue weighted by atomic mass is 10.0. The Morgan fingerprint density at radius 1 is 1.03 bits per heavy atom. The van der Waals surface area contributed by atoms with Crippen LogP contribution in [0.15, 0.2) is 72.2 Å². The summed E-state index contributed by atoms with van der Waals surface area (Å²) in [7, 11) is 1.63. The third kappa shape index (κ3) is 6.09. The Labute approximate surface area is 221 Å². The maximum absolute atomic E-state index is 13.2. The smallest absolute Gasteiger partial charge is 0.264 e. The summed E-state index contributed by atoms with van der Waals surface area (Å²) < 4.78 is 7.14. The Bertz CT molecular complexity index is 1340. The van der Waals surface area contributed by atoms with Crippen LogP contribution in [0, 0.1) is 0 Å². The number of rotatable bonds is 9. The van der Waals surface area contributed by atoms with Crippen molar-refractivity contribution >= 4 is 29.1 Å². The Kier molecular flexibility index (Phi) is 8.08. The minimum atomic E-state index is -0.314. The van der Waals surface area contributed by atoms with Gasteiger partial charge in [0.2, 0.25) is 11.9 Å². The Balaban J connectivity index is 1.64. The lowest BCUT2D eigenvalue weighted by Crippen LogP contribution is -2.42. The van der Waals surface area contributed by atoms with Crippen LogP contribution in [-0.4, -0.2) is 46.0 Å². The second-order valence-electron chi connectivity index (χ2n) is 9.35. The first-order valence-electron chi connectivity index (χ1n) is 12.2. The zero-order valence-electron chi connectivity index (χ0n) is 21.8. The van der Waals surface area contributed by atoms with E-state index in [2.05, 4.69) is 31.3 Å². The molecule has 2 aromatic carbocycles. The van der Waals surface area contributed by atoms with Crippen LogP contribution in [-0.2, 0) is 4.79 Å². The van der Waals surface area contributed by atoms with E-state index in [1.165, 1.54) is 16.9 Å². The van der Waals surface area contributed by atoms with Crippen molar-refractivity contribution in [2.24, 2.45) is 0 Å². The molecular weight excluding hydrogens is 484 g/mol. The number of hydrogen-bond acceptors (Lipinski definition) is 5. The molecule has 4 rings (SSSR count). The topological polar surface area (TPSA) is 76.5 Å². The van der Waals surface area contributed by atoms with Gasteiger partial charge in [-0.15, -0.1) is 11.3 Å². The minimum absolute atomic E-state index is 0.0780. The zero-order valence-corrected chi connectivity index (χ0v) is 22.6. The molecule has 37 heavy (non-hydrogen) atoms. The number of nitrogens with zero attached hydrogens (tertiary/aromatic N) is 3. The van der Waals surface area contributed by atoms with Crippen molar-refractivity contribution < 1.29 is 14.3 Å². The molecule has 0 saturated heterocycles. The van der Waals surface area contributed by atoms with Crippen LogP contribution in [0.5, 0.6) is 5.75 Å². The van der Waals surface area contributed by atoms with Gasteiger partial charge in [-0.25, -0.2) is 4.98 Å². The number of methoxy groups -OCH3 is 1. The Morgan fingerprint density at radius 2 is 1.73 bits per heavy atom. The predicted octanol–water partition coefficient (Wildman–Crippen LogP) is 6.22. The summed E-state index contributed by atoms with van der Waals surface area (Å²) in [6, 6.07) is 19.3. The van der Waals surface area contributed by atoms with Crippen molar-refractivity contribution in [3.8, 4) is 22.7 Å². The monoisotopic (exact) mass is 516 g/mol. The molecular formula is C29H32N4O3S. The van der Waals surface area contributed by atoms with Gasteiger partial charge in [-0.2, -0.15) is 0 Å². The van der Waals surface area contributed by atoms with Gasteiger partial charge in [0.1, 0.15) is 12.3 Å². The molecule has 0 aliphatic heterocycles. The van der Waals surface area contributed by atoms with Crippen molar-refractivity contribution in [3.63, 3.8) is 0 Å². The number of carbonyl (C=O) groups excluding carboxylic acids is 2. The molecule has 0 aliphatic rings. The summed E-state index contributed by atoms with van der Waals surface area (Å²) in [5.41, 5.74) is 3.71. The van der Waals surface area contributed by atoms with Crippen LogP contribution in [0.25, 0.3) is 16.9 Å². The summed E-state index contributed by atoms with van der Waals surface area (Å²) in [5.74, 6) is 1.08. The number of benzene rings is 2. The molecule has 0 aliphatic carbocycles. The molecule has 192 valence electrons. The van der Waals surface area contributed by atoms with E-state index >= 15 is 0 Å². The highest BCUT2D eigenvalue weighted by molar-refractivity contribution is 7.12. The second-order valence-corrected chi connectivity index (χ2v) is 10.3. The quantitative estimate of drug-likeness (QED) is 0.286. The summed E-state index contributed by atoms with van der Waals surface area (Å²) in [6.07, 6.45) is 1.90. The molecule has 0 fully saturated rings. The molecule has 4 aromatic rings. The average Bonchev–Trinajstić information content (AvgIpc) is 3.58. The molecule has 2 aromatic heterocycles. The standard InChI is InChI=1S/C29H32N4O3S/c1-19(2)21-8-12-23(13-9-21)33-17-25(22-10-14-24(36-5)15-11-22)30-29(33)31-27(34)18-32(20(3)4)28(35)26-7-6-16-37-26/h6-17,19-20H,18H2,1-5H3,(H,30,31,34). The van der Waals surface area contributed by atoms with Crippen molar-refractivity contribution in [2.75, 3.05) is 19.0 Å². The molecule has 0 spiro atoms. The van der Waals surface area contributed by atoms with Gasteiger partial charge < -0.3 is 9.64 Å². The van der Waals surface area contributed by atoms with Crippen LogP contribution >= 0.6 is 11.3 Å². The van der Waals surface area contributed by atoms with E-state index in [9.17, 15) is 9.59 Å². The Morgan fingerprint density at radius 3 is 2.30 bits per heavy atom. The van der Waals surface area contributed by atoms with Gasteiger partial charge in [0, 0.05) is 23.5 Å². The summed E-state index contributed by atoms with van der Waals surface area (Å²) in [4.78, 5) is 33.1. The van der Waals surface area contributed by atoms with E-state index < -0.39 is 0 Å². The highest BCUT2D eigenvalue weighted by Crippen LogP contribution is 2.27. The number of nitrogens with one attached hydrogen (secondary N) is 1. The molecule has 8 heteroatoms. The predicted molar refractivity (Wildman–Crippen MR) is 149 cm³/mol. The van der Waals surface area contributed by atoms with Crippen molar-refractivity contribution in [1.82, 2.24) is 14.5 Å². The van der Waals surface area contributed by atoms with Gasteiger partial charge >= 0.3 is 0 Å². The van der Waals surface area contributed by atoms with Gasteiger partial charge in [-0.1, -0.05) is 32.0 Å². The summed E-state index contributed by atoms with van der Waals surface area (Å²) in [5, 5.41) is 4.80. The zero-order chi connectivity index (χ0) is 26.5. The molecule has 1 N–H and O–H groups in total. The molecule has 0 saturated carbocycles. The molecule has 0 atom stereocenters. The highest BCUT2D eigenvalue weighted by Gasteiger charge is 2.23. The number of thiophene rings is 1. The fourth-order valence-electron chi connectivity index (χ4n) is 3.94. The number of anilines is 1. The van der Waals surface area contributed by atoms with Crippen LogP contribution in [0.3, 0.4) is 0 Å². The van der Waals surface area contributed by atoms with Gasteiger partial charge in [0.05, 0.1) is 17.7 Å². The SMILES string of the molecule is COc1ccc(-c2cn(-c3ccc(C(C)C)cc3)c(NC(=O)CN(C(=O)c3cccs3)C(C)C)n2)cc1. The number of carbonyl (C=O) groups is 2. The van der Waals surface area contributed by atoms with E-state index in [0.717, 1.165) is 17.0 Å². The molecule has 2 heterocycles. The van der Waals surface area contributed by atoms with E-state index in [4.69, 9.17) is 9.72 Å². The molecule has 0 bridgehead atoms. The lowest BCUT2D eigenvalue weighted by molar-refractivity contribution is -0.117. The van der Waals surface area contributed by atoms with Crippen LogP contribution in [0.2, 0.25) is 0 Å². The largest absolute Gasteiger partial charge is 0.497 e. The number of ether oxygens (including phenoxy) is 1. The van der Waals surface area contributed by atoms with Crippen molar-refractivity contribution in [2.45, 2.75) is 39.7 Å². The van der Waals surface area contributed by atoms with E-state index in [-0.39, 0.29) is 24.4 Å². The lowest BCUT2D eigenvalue weighted by Gasteiger charge is -2.25. The number of imidazole rings is 1. The Hall–Kier alpha value is -3.91. The second kappa shape index (κ2) is 11.4. The maximum atomic E-state index is 13.2. The van der Waals surface area contributed by atoms with Crippen molar-refractivity contribution in [1.29, 1.82) is 0 Å². The average molecular weight is 517 g/mol. The van der Waals surface area contributed by atoms with Gasteiger partial charge in [0.25, 0.3) is 5.91 Å². The van der Waals surface area contributed by atoms with Crippen LogP contribution in [0.4, 0.5) is 5.95 Å². The van der Waals surface area contributed by atoms with Gasteiger partial charge in [-0.3, -0.25) is 19.5 Å². The number of hydrogen-bond donors (Lipinski definition) is 1. The summed E-state index contributed by atoms with van der Waals surface area (Å²) >= 11 is 1.37. The first-order chi connectivity index (χ1) is 17.8. The fourth-order valence-corrected chi connectivity index (χ4v) is 4.61. The van der Waals surface area contributed by atoms with Crippen LogP contribution < -0.4 is 10.1 Å². The van der Waals surface area contributed by atoms with Crippen LogP contribution in [0.1, 0.15) is 48.8 Å². The van der Waals surface area contributed by atoms with E-state index in [1.807, 2.05) is 72.5 Å². The molecule has 2 amide bonds. The number of aromatic nitrogens is 2. The van der Waals surface area contributed by atoms with Gasteiger partial charge in [0.15, 0.2) is 0 Å². The van der Waals surface area contributed by atoms with Crippen molar-refractivity contribution in [3.05, 3.63) is 82.7 Å². The summed E-state index contributed by atoms with van der Waals surface area (Å²) in [6.45, 7) is 8.02. The normalized spacial score (nSPS) is 11.1. The fraction of sp³-hybridized carbons (Fsp3) is 0.276. The van der Waals surface area contributed by atoms with Gasteiger partial charge in [-0.05, 0) is 73.2 Å².